The molecule has 0 saturated carbocycles. The van der Waals surface area contributed by atoms with Crippen LogP contribution in [0.2, 0.25) is 0 Å². The van der Waals surface area contributed by atoms with Crippen molar-refractivity contribution in [3.05, 3.63) is 20.3 Å². The first-order valence-electron chi connectivity index (χ1n) is 6.40. The number of halogens is 1. The average Bonchev–Trinajstić information content (AvgIpc) is 2.78. The maximum absolute atomic E-state index is 12.6. The van der Waals surface area contributed by atoms with Crippen LogP contribution in [0.1, 0.15) is 40.9 Å². The number of nitrogens with two attached hydrogens (primary N) is 1. The summed E-state index contributed by atoms with van der Waals surface area (Å²) in [4.78, 5) is 15.6. The van der Waals surface area contributed by atoms with Crippen LogP contribution >= 0.6 is 27.3 Å². The van der Waals surface area contributed by atoms with E-state index in [0.717, 1.165) is 39.9 Å². The number of rotatable bonds is 1. The molecule has 1 aromatic rings. The summed E-state index contributed by atoms with van der Waals surface area (Å²) in [7, 11) is 0. The zero-order chi connectivity index (χ0) is 12.9. The summed E-state index contributed by atoms with van der Waals surface area (Å²) >= 11 is 5.03. The lowest BCUT2D eigenvalue weighted by Crippen LogP contribution is -2.49. The van der Waals surface area contributed by atoms with Crippen LogP contribution in [0.25, 0.3) is 0 Å². The number of amides is 1. The molecule has 1 amide bonds. The molecule has 0 spiro atoms. The summed E-state index contributed by atoms with van der Waals surface area (Å²) < 4.78 is 1.06. The molecule has 2 aliphatic heterocycles. The predicted molar refractivity (Wildman–Crippen MR) is 76.9 cm³/mol. The third-order valence-electron chi connectivity index (χ3n) is 4.07. The van der Waals surface area contributed by atoms with Gasteiger partial charge in [-0.2, -0.15) is 0 Å². The van der Waals surface area contributed by atoms with E-state index in [2.05, 4.69) is 20.8 Å². The van der Waals surface area contributed by atoms with Crippen molar-refractivity contribution in [2.75, 3.05) is 0 Å². The minimum Gasteiger partial charge on any atom is -0.332 e. The van der Waals surface area contributed by atoms with Crippen molar-refractivity contribution < 1.29 is 4.79 Å². The van der Waals surface area contributed by atoms with E-state index in [1.807, 2.05) is 13.0 Å². The van der Waals surface area contributed by atoms with E-state index in [9.17, 15) is 4.79 Å². The Morgan fingerprint density at radius 1 is 1.44 bits per heavy atom. The normalized spacial score (nSPS) is 30.8. The van der Waals surface area contributed by atoms with Crippen LogP contribution < -0.4 is 5.73 Å². The number of fused-ring (bicyclic) bond motifs is 2. The van der Waals surface area contributed by atoms with Gasteiger partial charge in [-0.1, -0.05) is 0 Å². The number of carbonyl (C=O) groups is 1. The van der Waals surface area contributed by atoms with Crippen molar-refractivity contribution >= 4 is 33.2 Å². The Morgan fingerprint density at radius 2 is 2.06 bits per heavy atom. The maximum atomic E-state index is 12.6. The molecule has 2 atom stereocenters. The zero-order valence-electron chi connectivity index (χ0n) is 10.4. The van der Waals surface area contributed by atoms with Gasteiger partial charge in [0.25, 0.3) is 5.91 Å². The summed E-state index contributed by atoms with van der Waals surface area (Å²) in [5.41, 5.74) is 7.18. The summed E-state index contributed by atoms with van der Waals surface area (Å²) in [6, 6.07) is 3.01. The number of aryl methyl sites for hydroxylation is 1. The quantitative estimate of drug-likeness (QED) is 0.861. The second kappa shape index (κ2) is 4.62. The molecule has 2 aliphatic rings. The zero-order valence-corrected chi connectivity index (χ0v) is 12.8. The van der Waals surface area contributed by atoms with Crippen LogP contribution in [-0.4, -0.2) is 28.9 Å². The Bertz CT molecular complexity index is 454. The van der Waals surface area contributed by atoms with Gasteiger partial charge in [0.05, 0.1) is 8.66 Å². The number of hydrogen-bond donors (Lipinski definition) is 1. The predicted octanol–water partition coefficient (Wildman–Crippen LogP) is 2.91. The molecule has 1 aromatic heterocycles. The van der Waals surface area contributed by atoms with Crippen LogP contribution in [0.5, 0.6) is 0 Å². The Balaban J connectivity index is 1.85. The molecular formula is C13H17BrN2OS. The van der Waals surface area contributed by atoms with Crippen LogP contribution in [0, 0.1) is 6.92 Å². The van der Waals surface area contributed by atoms with Gasteiger partial charge < -0.3 is 10.6 Å². The molecule has 3 heterocycles. The van der Waals surface area contributed by atoms with Crippen molar-refractivity contribution in [2.24, 2.45) is 5.73 Å². The summed E-state index contributed by atoms with van der Waals surface area (Å²) in [6.07, 6.45) is 4.17. The van der Waals surface area contributed by atoms with Crippen LogP contribution in [0.15, 0.2) is 9.85 Å². The highest BCUT2D eigenvalue weighted by Crippen LogP contribution is 2.38. The second-order valence-corrected chi connectivity index (χ2v) is 7.77. The molecule has 0 radical (unpaired) electrons. The van der Waals surface area contributed by atoms with Gasteiger partial charge in [-0.15, -0.1) is 11.3 Å². The fourth-order valence-corrected chi connectivity index (χ4v) is 4.72. The molecule has 2 unspecified atom stereocenters. The lowest BCUT2D eigenvalue weighted by molar-refractivity contribution is 0.0580. The lowest BCUT2D eigenvalue weighted by atomic mass is 9.98. The van der Waals surface area contributed by atoms with Crippen molar-refractivity contribution in [1.82, 2.24) is 4.90 Å². The molecule has 3 rings (SSSR count). The first kappa shape index (κ1) is 12.6. The van der Waals surface area contributed by atoms with Gasteiger partial charge in [-0.25, -0.2) is 0 Å². The molecule has 5 heteroatoms. The van der Waals surface area contributed by atoms with Gasteiger partial charge >= 0.3 is 0 Å². The van der Waals surface area contributed by atoms with E-state index in [4.69, 9.17) is 5.73 Å². The van der Waals surface area contributed by atoms with E-state index in [1.165, 1.54) is 0 Å². The van der Waals surface area contributed by atoms with Crippen molar-refractivity contribution in [1.29, 1.82) is 0 Å². The molecule has 2 bridgehead atoms. The number of nitrogens with zero attached hydrogens (tertiary/aromatic N) is 1. The number of hydrogen-bond acceptors (Lipinski definition) is 3. The van der Waals surface area contributed by atoms with Gasteiger partial charge in [0.1, 0.15) is 0 Å². The summed E-state index contributed by atoms with van der Waals surface area (Å²) in [5.74, 6) is 0.202. The molecule has 2 fully saturated rings. The maximum Gasteiger partial charge on any atom is 0.264 e. The highest BCUT2D eigenvalue weighted by molar-refractivity contribution is 9.11. The second-order valence-electron chi connectivity index (χ2n) is 5.40. The fourth-order valence-electron chi connectivity index (χ4n) is 3.24. The molecule has 2 N–H and O–H groups in total. The van der Waals surface area contributed by atoms with Crippen LogP contribution in [-0.2, 0) is 0 Å². The van der Waals surface area contributed by atoms with E-state index in [-0.39, 0.29) is 11.9 Å². The number of carbonyl (C=O) groups excluding carboxylic acids is 1. The number of piperidine rings is 1. The van der Waals surface area contributed by atoms with E-state index in [0.29, 0.717) is 12.1 Å². The van der Waals surface area contributed by atoms with Crippen LogP contribution in [0.4, 0.5) is 0 Å². The Morgan fingerprint density at radius 3 is 2.56 bits per heavy atom. The first-order valence-corrected chi connectivity index (χ1v) is 8.01. The van der Waals surface area contributed by atoms with Crippen molar-refractivity contribution in [3.63, 3.8) is 0 Å². The van der Waals surface area contributed by atoms with Crippen LogP contribution in [0.3, 0.4) is 0 Å². The smallest absolute Gasteiger partial charge is 0.264 e. The summed E-state index contributed by atoms with van der Waals surface area (Å²) in [6.45, 7) is 2.03. The SMILES string of the molecule is Cc1cc(C(=O)N2C3CCC2CC(N)C3)sc1Br. The largest absolute Gasteiger partial charge is 0.332 e. The molecular weight excluding hydrogens is 312 g/mol. The Kier molecular flexibility index (Phi) is 3.24. The van der Waals surface area contributed by atoms with Gasteiger partial charge in [-0.05, 0) is 60.2 Å². The number of thiophene rings is 1. The molecule has 0 aromatic carbocycles. The van der Waals surface area contributed by atoms with E-state index < -0.39 is 0 Å². The van der Waals surface area contributed by atoms with E-state index in [1.54, 1.807) is 11.3 Å². The third-order valence-corrected chi connectivity index (χ3v) is 6.20. The minimum atomic E-state index is 0.202. The van der Waals surface area contributed by atoms with E-state index >= 15 is 0 Å². The highest BCUT2D eigenvalue weighted by atomic mass is 79.9. The Labute approximate surface area is 119 Å². The molecule has 0 aliphatic carbocycles. The molecule has 3 nitrogen and oxygen atoms in total. The van der Waals surface area contributed by atoms with Crippen molar-refractivity contribution in [3.8, 4) is 0 Å². The fraction of sp³-hybridized carbons (Fsp3) is 0.615. The first-order chi connectivity index (χ1) is 8.56. The summed E-state index contributed by atoms with van der Waals surface area (Å²) in [5, 5.41) is 0. The monoisotopic (exact) mass is 328 g/mol. The van der Waals surface area contributed by atoms with Gasteiger partial charge in [0.15, 0.2) is 0 Å². The van der Waals surface area contributed by atoms with Gasteiger partial charge in [0, 0.05) is 18.1 Å². The topological polar surface area (TPSA) is 46.3 Å². The third kappa shape index (κ3) is 2.02. The Hall–Kier alpha value is -0.390. The minimum absolute atomic E-state index is 0.202. The molecule has 98 valence electrons. The van der Waals surface area contributed by atoms with Crippen molar-refractivity contribution in [2.45, 2.75) is 50.7 Å². The average molecular weight is 329 g/mol. The van der Waals surface area contributed by atoms with Gasteiger partial charge in [0.2, 0.25) is 0 Å². The molecule has 18 heavy (non-hydrogen) atoms. The lowest BCUT2D eigenvalue weighted by Gasteiger charge is -2.37. The van der Waals surface area contributed by atoms with Gasteiger partial charge in [-0.3, -0.25) is 4.79 Å². The molecule has 2 saturated heterocycles. The standard InChI is InChI=1S/C13H17BrN2OS/c1-7-4-11(18-12(7)14)13(17)16-9-2-3-10(16)6-8(15)5-9/h4,8-10H,2-3,5-6,15H2,1H3. The highest BCUT2D eigenvalue weighted by Gasteiger charge is 2.42.